The maximum Gasteiger partial charge on any atom is 0.220 e. The number of hydrogen-bond acceptors (Lipinski definition) is 4. The lowest BCUT2D eigenvalue weighted by Crippen LogP contribution is -2.27. The molecule has 0 fully saturated rings. The van der Waals surface area contributed by atoms with Gasteiger partial charge in [0.1, 0.15) is 0 Å². The number of nitrogens with two attached hydrogens (primary N) is 2. The molecule has 0 radical (unpaired) electrons. The molecule has 0 aromatic rings. The second kappa shape index (κ2) is 13.3. The molecular formula is C13H28N4O2. The smallest absolute Gasteiger partial charge is 0.220 e. The molecule has 0 unspecified atom stereocenters. The first kappa shape index (κ1) is 17.9. The van der Waals surface area contributed by atoms with Gasteiger partial charge in [0, 0.05) is 25.9 Å². The first-order chi connectivity index (χ1) is 9.20. The van der Waals surface area contributed by atoms with E-state index < -0.39 is 0 Å². The number of carbonyl (C=O) groups is 2. The molecule has 0 rings (SSSR count). The van der Waals surface area contributed by atoms with Gasteiger partial charge in [0.2, 0.25) is 11.8 Å². The maximum absolute atomic E-state index is 11.4. The van der Waals surface area contributed by atoms with Crippen molar-refractivity contribution in [3.05, 3.63) is 0 Å². The zero-order valence-electron chi connectivity index (χ0n) is 11.7. The van der Waals surface area contributed by atoms with E-state index in [1.54, 1.807) is 0 Å². The predicted molar refractivity (Wildman–Crippen MR) is 76.4 cm³/mol. The van der Waals surface area contributed by atoms with Crippen molar-refractivity contribution in [1.29, 1.82) is 0 Å². The average molecular weight is 272 g/mol. The Morgan fingerprint density at radius 3 is 1.47 bits per heavy atom. The highest BCUT2D eigenvalue weighted by Gasteiger charge is 2.04. The molecule has 6 N–H and O–H groups in total. The lowest BCUT2D eigenvalue weighted by molar-refractivity contribution is -0.122. The van der Waals surface area contributed by atoms with E-state index in [1.165, 1.54) is 0 Å². The summed E-state index contributed by atoms with van der Waals surface area (Å²) < 4.78 is 0. The van der Waals surface area contributed by atoms with Crippen molar-refractivity contribution in [3.8, 4) is 0 Å². The van der Waals surface area contributed by atoms with Crippen LogP contribution in [0.15, 0.2) is 0 Å². The van der Waals surface area contributed by atoms with Crippen LogP contribution in [-0.2, 0) is 9.59 Å². The fourth-order valence-electron chi connectivity index (χ4n) is 1.58. The summed E-state index contributed by atoms with van der Waals surface area (Å²) in [6.45, 7) is 2.64. The monoisotopic (exact) mass is 272 g/mol. The maximum atomic E-state index is 11.4. The molecule has 0 aromatic carbocycles. The number of rotatable bonds is 12. The molecule has 0 saturated carbocycles. The molecule has 0 saturated heterocycles. The van der Waals surface area contributed by atoms with Crippen LogP contribution in [0.1, 0.15) is 44.9 Å². The molecule has 0 atom stereocenters. The van der Waals surface area contributed by atoms with E-state index >= 15 is 0 Å². The van der Waals surface area contributed by atoms with Crippen LogP contribution < -0.4 is 22.1 Å². The van der Waals surface area contributed by atoms with Crippen molar-refractivity contribution in [2.24, 2.45) is 11.5 Å². The summed E-state index contributed by atoms with van der Waals surface area (Å²) >= 11 is 0. The van der Waals surface area contributed by atoms with Gasteiger partial charge < -0.3 is 22.1 Å². The Labute approximate surface area is 115 Å². The van der Waals surface area contributed by atoms with Gasteiger partial charge >= 0.3 is 0 Å². The average Bonchev–Trinajstić information content (AvgIpc) is 2.40. The molecule has 0 aliphatic rings. The molecule has 0 aliphatic heterocycles. The molecule has 0 aromatic heterocycles. The van der Waals surface area contributed by atoms with E-state index in [1.807, 2.05) is 0 Å². The molecule has 6 heteroatoms. The van der Waals surface area contributed by atoms with Gasteiger partial charge in [-0.15, -0.1) is 0 Å². The minimum Gasteiger partial charge on any atom is -0.356 e. The second-order valence-corrected chi connectivity index (χ2v) is 4.55. The first-order valence-electron chi connectivity index (χ1n) is 7.14. The number of hydrogen-bond donors (Lipinski definition) is 4. The number of carbonyl (C=O) groups excluding carboxylic acids is 2. The van der Waals surface area contributed by atoms with Crippen LogP contribution in [0.2, 0.25) is 0 Å². The minimum absolute atomic E-state index is 0.00736. The topological polar surface area (TPSA) is 110 Å². The Kier molecular flexibility index (Phi) is 12.5. The van der Waals surface area contributed by atoms with Gasteiger partial charge in [-0.3, -0.25) is 9.59 Å². The summed E-state index contributed by atoms with van der Waals surface area (Å²) in [6.07, 6.45) is 5.05. The number of nitrogens with one attached hydrogen (secondary N) is 2. The first-order valence-corrected chi connectivity index (χ1v) is 7.14. The summed E-state index contributed by atoms with van der Waals surface area (Å²) in [5.41, 5.74) is 10.7. The molecule has 112 valence electrons. The van der Waals surface area contributed by atoms with E-state index in [9.17, 15) is 9.59 Å². The molecule has 0 spiro atoms. The Morgan fingerprint density at radius 1 is 0.684 bits per heavy atom. The van der Waals surface area contributed by atoms with Gasteiger partial charge in [0.15, 0.2) is 0 Å². The number of unbranched alkanes of at least 4 members (excludes halogenated alkanes) is 2. The van der Waals surface area contributed by atoms with Gasteiger partial charge in [0.05, 0.1) is 0 Å². The van der Waals surface area contributed by atoms with E-state index in [0.717, 1.165) is 25.7 Å². The summed E-state index contributed by atoms with van der Waals surface area (Å²) in [5, 5.41) is 5.62. The number of amides is 2. The van der Waals surface area contributed by atoms with Crippen LogP contribution in [0.3, 0.4) is 0 Å². The van der Waals surface area contributed by atoms with Crippen molar-refractivity contribution in [2.45, 2.75) is 44.9 Å². The normalized spacial score (nSPS) is 10.2. The quantitative estimate of drug-likeness (QED) is 0.371. The fourth-order valence-corrected chi connectivity index (χ4v) is 1.58. The van der Waals surface area contributed by atoms with Crippen LogP contribution in [-0.4, -0.2) is 38.0 Å². The Bertz CT molecular complexity index is 223. The summed E-state index contributed by atoms with van der Waals surface area (Å²) in [6, 6.07) is 0. The summed E-state index contributed by atoms with van der Waals surface area (Å²) in [7, 11) is 0. The third kappa shape index (κ3) is 13.1. The van der Waals surface area contributed by atoms with E-state index in [4.69, 9.17) is 11.5 Å². The molecule has 0 heterocycles. The van der Waals surface area contributed by atoms with Crippen LogP contribution >= 0.6 is 0 Å². The van der Waals surface area contributed by atoms with E-state index in [-0.39, 0.29) is 11.8 Å². The van der Waals surface area contributed by atoms with Crippen molar-refractivity contribution >= 4 is 11.8 Å². The lowest BCUT2D eigenvalue weighted by atomic mass is 10.2. The van der Waals surface area contributed by atoms with Crippen LogP contribution in [0, 0.1) is 0 Å². The van der Waals surface area contributed by atoms with Crippen LogP contribution in [0.4, 0.5) is 0 Å². The SMILES string of the molecule is NCCCCNC(=O)CCCC(=O)NCCCCN. The van der Waals surface area contributed by atoms with Gasteiger partial charge in [0.25, 0.3) is 0 Å². The Hall–Kier alpha value is -1.14. The zero-order valence-corrected chi connectivity index (χ0v) is 11.7. The van der Waals surface area contributed by atoms with Gasteiger partial charge in [-0.25, -0.2) is 0 Å². The fraction of sp³-hybridized carbons (Fsp3) is 0.846. The van der Waals surface area contributed by atoms with Crippen molar-refractivity contribution in [3.63, 3.8) is 0 Å². The van der Waals surface area contributed by atoms with Crippen molar-refractivity contribution < 1.29 is 9.59 Å². The van der Waals surface area contributed by atoms with Gasteiger partial charge in [-0.05, 0) is 45.2 Å². The van der Waals surface area contributed by atoms with Gasteiger partial charge in [-0.1, -0.05) is 0 Å². The second-order valence-electron chi connectivity index (χ2n) is 4.55. The van der Waals surface area contributed by atoms with Crippen molar-refractivity contribution in [2.75, 3.05) is 26.2 Å². The molecule has 0 aliphatic carbocycles. The molecule has 19 heavy (non-hydrogen) atoms. The minimum atomic E-state index is 0.00736. The molecule has 6 nitrogen and oxygen atoms in total. The highest BCUT2D eigenvalue weighted by molar-refractivity contribution is 5.78. The third-order valence-corrected chi connectivity index (χ3v) is 2.71. The lowest BCUT2D eigenvalue weighted by Gasteiger charge is -2.06. The molecule has 0 bridgehead atoms. The molecule has 2 amide bonds. The van der Waals surface area contributed by atoms with Gasteiger partial charge in [-0.2, -0.15) is 0 Å². The zero-order chi connectivity index (χ0) is 14.3. The largest absolute Gasteiger partial charge is 0.356 e. The highest BCUT2D eigenvalue weighted by atomic mass is 16.2. The summed E-state index contributed by atoms with van der Waals surface area (Å²) in [5.74, 6) is 0.0147. The highest BCUT2D eigenvalue weighted by Crippen LogP contribution is 1.96. The van der Waals surface area contributed by atoms with Crippen LogP contribution in [0.5, 0.6) is 0 Å². The standard InChI is InChI=1S/C13H28N4O2/c14-8-1-3-10-16-12(18)6-5-7-13(19)17-11-4-2-9-15/h1-11,14-15H2,(H,16,18)(H,17,19). The predicted octanol–water partition coefficient (Wildman–Crippen LogP) is -0.133. The third-order valence-electron chi connectivity index (χ3n) is 2.71. The summed E-state index contributed by atoms with van der Waals surface area (Å²) in [4.78, 5) is 22.8. The van der Waals surface area contributed by atoms with Crippen LogP contribution in [0.25, 0.3) is 0 Å². The van der Waals surface area contributed by atoms with E-state index in [2.05, 4.69) is 10.6 Å². The molecular weight excluding hydrogens is 244 g/mol. The van der Waals surface area contributed by atoms with Crippen molar-refractivity contribution in [1.82, 2.24) is 10.6 Å². The van der Waals surface area contributed by atoms with E-state index in [0.29, 0.717) is 45.4 Å². The Morgan fingerprint density at radius 2 is 1.11 bits per heavy atom. The Balaban J connectivity index is 3.35.